The van der Waals surface area contributed by atoms with Crippen molar-refractivity contribution in [1.82, 2.24) is 4.98 Å². The zero-order valence-electron chi connectivity index (χ0n) is 5.87. The SMILES string of the molecule is NC[C@@H](O)c1cc(F)ccn1. The number of rotatable bonds is 2. The van der Waals surface area contributed by atoms with Gasteiger partial charge in [-0.3, -0.25) is 4.98 Å². The van der Waals surface area contributed by atoms with Crippen LogP contribution in [0.3, 0.4) is 0 Å². The van der Waals surface area contributed by atoms with E-state index in [0.29, 0.717) is 0 Å². The highest BCUT2D eigenvalue weighted by atomic mass is 19.1. The first-order valence-corrected chi connectivity index (χ1v) is 3.23. The molecular weight excluding hydrogens is 147 g/mol. The lowest BCUT2D eigenvalue weighted by Crippen LogP contribution is -2.12. The predicted octanol–water partition coefficient (Wildman–Crippen LogP) is 0.213. The van der Waals surface area contributed by atoms with E-state index in [9.17, 15) is 4.39 Å². The van der Waals surface area contributed by atoms with Gasteiger partial charge >= 0.3 is 0 Å². The van der Waals surface area contributed by atoms with E-state index in [0.717, 1.165) is 6.07 Å². The molecule has 1 rings (SSSR count). The molecule has 1 heterocycles. The third-order valence-electron chi connectivity index (χ3n) is 1.31. The number of aliphatic hydroxyl groups excluding tert-OH is 1. The molecule has 0 aliphatic rings. The molecule has 0 bridgehead atoms. The summed E-state index contributed by atoms with van der Waals surface area (Å²) >= 11 is 0. The van der Waals surface area contributed by atoms with Crippen molar-refractivity contribution < 1.29 is 9.50 Å². The molecule has 3 nitrogen and oxygen atoms in total. The summed E-state index contributed by atoms with van der Waals surface area (Å²) in [6.07, 6.45) is 0.425. The number of hydrogen-bond donors (Lipinski definition) is 2. The smallest absolute Gasteiger partial charge is 0.126 e. The van der Waals surface area contributed by atoms with Gasteiger partial charge in [-0.25, -0.2) is 4.39 Å². The maximum absolute atomic E-state index is 12.5. The van der Waals surface area contributed by atoms with E-state index in [1.54, 1.807) is 0 Å². The van der Waals surface area contributed by atoms with Crippen LogP contribution >= 0.6 is 0 Å². The van der Waals surface area contributed by atoms with Crippen molar-refractivity contribution in [2.45, 2.75) is 6.10 Å². The summed E-state index contributed by atoms with van der Waals surface area (Å²) in [5, 5.41) is 9.10. The molecule has 1 atom stereocenters. The molecule has 1 aromatic rings. The molecule has 0 fully saturated rings. The molecule has 3 N–H and O–H groups in total. The lowest BCUT2D eigenvalue weighted by Gasteiger charge is -2.05. The Balaban J connectivity index is 2.86. The fraction of sp³-hybridized carbons (Fsp3) is 0.286. The number of nitrogens with zero attached hydrogens (tertiary/aromatic N) is 1. The van der Waals surface area contributed by atoms with Crippen molar-refractivity contribution in [3.8, 4) is 0 Å². The second kappa shape index (κ2) is 3.41. The first-order valence-electron chi connectivity index (χ1n) is 3.23. The number of nitrogens with two attached hydrogens (primary N) is 1. The van der Waals surface area contributed by atoms with Crippen molar-refractivity contribution in [2.75, 3.05) is 6.54 Å². The van der Waals surface area contributed by atoms with E-state index in [1.165, 1.54) is 12.3 Å². The van der Waals surface area contributed by atoms with Crippen molar-refractivity contribution in [1.29, 1.82) is 0 Å². The van der Waals surface area contributed by atoms with Gasteiger partial charge in [-0.2, -0.15) is 0 Å². The second-order valence-corrected chi connectivity index (χ2v) is 2.15. The zero-order chi connectivity index (χ0) is 8.27. The summed E-state index contributed by atoms with van der Waals surface area (Å²) in [5.74, 6) is -0.414. The van der Waals surface area contributed by atoms with Crippen molar-refractivity contribution in [3.63, 3.8) is 0 Å². The molecule has 0 unspecified atom stereocenters. The number of aromatic nitrogens is 1. The van der Waals surface area contributed by atoms with Crippen molar-refractivity contribution in [3.05, 3.63) is 29.8 Å². The Morgan fingerprint density at radius 2 is 2.45 bits per heavy atom. The van der Waals surface area contributed by atoms with Gasteiger partial charge in [0, 0.05) is 12.7 Å². The van der Waals surface area contributed by atoms with Crippen LogP contribution in [0.15, 0.2) is 18.3 Å². The first kappa shape index (κ1) is 8.10. The average Bonchev–Trinajstić information content (AvgIpc) is 2.03. The summed E-state index contributed by atoms with van der Waals surface area (Å²) < 4.78 is 12.5. The van der Waals surface area contributed by atoms with E-state index < -0.39 is 11.9 Å². The van der Waals surface area contributed by atoms with Gasteiger partial charge in [0.1, 0.15) is 11.9 Å². The highest BCUT2D eigenvalue weighted by Crippen LogP contribution is 2.08. The highest BCUT2D eigenvalue weighted by molar-refractivity contribution is 5.08. The molecule has 0 aliphatic heterocycles. The minimum Gasteiger partial charge on any atom is -0.385 e. The van der Waals surface area contributed by atoms with E-state index >= 15 is 0 Å². The van der Waals surface area contributed by atoms with Gasteiger partial charge in [0.25, 0.3) is 0 Å². The molecule has 60 valence electrons. The number of halogens is 1. The lowest BCUT2D eigenvalue weighted by molar-refractivity contribution is 0.181. The van der Waals surface area contributed by atoms with Gasteiger partial charge in [-0.05, 0) is 12.1 Å². The average molecular weight is 156 g/mol. The maximum Gasteiger partial charge on any atom is 0.126 e. The summed E-state index contributed by atoms with van der Waals surface area (Å²) in [5.41, 5.74) is 5.41. The summed E-state index contributed by atoms with van der Waals surface area (Å²) in [6, 6.07) is 2.38. The van der Waals surface area contributed by atoms with Crippen molar-refractivity contribution in [2.24, 2.45) is 5.73 Å². The van der Waals surface area contributed by atoms with E-state index in [1.807, 2.05) is 0 Å². The van der Waals surface area contributed by atoms with Gasteiger partial charge in [-0.15, -0.1) is 0 Å². The normalized spacial score (nSPS) is 13.0. The molecular formula is C7H9FN2O. The van der Waals surface area contributed by atoms with Crippen LogP contribution in [-0.2, 0) is 0 Å². The lowest BCUT2D eigenvalue weighted by atomic mass is 10.2. The fourth-order valence-electron chi connectivity index (χ4n) is 0.724. The van der Waals surface area contributed by atoms with Crippen LogP contribution in [0.5, 0.6) is 0 Å². The molecule has 1 aromatic heterocycles. The van der Waals surface area contributed by atoms with Crippen LogP contribution in [-0.4, -0.2) is 16.6 Å². The Kier molecular flexibility index (Phi) is 2.51. The molecule has 0 aliphatic carbocycles. The van der Waals surface area contributed by atoms with Crippen LogP contribution < -0.4 is 5.73 Å². The molecule has 11 heavy (non-hydrogen) atoms. The van der Waals surface area contributed by atoms with Gasteiger partial charge in [0.05, 0.1) is 5.69 Å². The van der Waals surface area contributed by atoms with E-state index in [4.69, 9.17) is 10.8 Å². The summed E-state index contributed by atoms with van der Waals surface area (Å²) in [4.78, 5) is 3.74. The van der Waals surface area contributed by atoms with Gasteiger partial charge in [0.2, 0.25) is 0 Å². The minimum absolute atomic E-state index is 0.0520. The number of pyridine rings is 1. The van der Waals surface area contributed by atoms with Gasteiger partial charge in [0.15, 0.2) is 0 Å². The second-order valence-electron chi connectivity index (χ2n) is 2.15. The molecule has 0 saturated heterocycles. The summed E-state index contributed by atoms with van der Waals surface area (Å²) in [7, 11) is 0. The zero-order valence-corrected chi connectivity index (χ0v) is 5.87. The Morgan fingerprint density at radius 1 is 1.73 bits per heavy atom. The van der Waals surface area contributed by atoms with Crippen LogP contribution in [0.25, 0.3) is 0 Å². The van der Waals surface area contributed by atoms with E-state index in [2.05, 4.69) is 4.98 Å². The van der Waals surface area contributed by atoms with Crippen LogP contribution in [0.2, 0.25) is 0 Å². The molecule has 0 saturated carbocycles. The van der Waals surface area contributed by atoms with Crippen LogP contribution in [0.4, 0.5) is 4.39 Å². The standard InChI is InChI=1S/C7H9FN2O/c8-5-1-2-10-6(3-5)7(11)4-9/h1-3,7,11H,4,9H2/t7-/m1/s1. The Hall–Kier alpha value is -1.00. The third kappa shape index (κ3) is 1.96. The minimum atomic E-state index is -0.870. The van der Waals surface area contributed by atoms with Crippen molar-refractivity contribution >= 4 is 0 Å². The van der Waals surface area contributed by atoms with Gasteiger partial charge in [-0.1, -0.05) is 0 Å². The molecule has 0 spiro atoms. The quantitative estimate of drug-likeness (QED) is 0.643. The Labute approximate surface area is 63.7 Å². The molecule has 4 heteroatoms. The fourth-order valence-corrected chi connectivity index (χ4v) is 0.724. The summed E-state index contributed by atoms with van der Waals surface area (Å²) in [6.45, 7) is 0.0520. The monoisotopic (exact) mass is 156 g/mol. The number of hydrogen-bond acceptors (Lipinski definition) is 3. The van der Waals surface area contributed by atoms with Crippen LogP contribution in [0, 0.1) is 5.82 Å². The van der Waals surface area contributed by atoms with Gasteiger partial charge < -0.3 is 10.8 Å². The predicted molar refractivity (Wildman–Crippen MR) is 38.2 cm³/mol. The molecule has 0 amide bonds. The van der Waals surface area contributed by atoms with Crippen LogP contribution in [0.1, 0.15) is 11.8 Å². The van der Waals surface area contributed by atoms with E-state index in [-0.39, 0.29) is 12.2 Å². The largest absolute Gasteiger partial charge is 0.385 e. The third-order valence-corrected chi connectivity index (χ3v) is 1.31. The maximum atomic E-state index is 12.5. The Bertz CT molecular complexity index is 242. The highest BCUT2D eigenvalue weighted by Gasteiger charge is 2.06. The molecule has 0 aromatic carbocycles. The number of aliphatic hydroxyl groups is 1. The topological polar surface area (TPSA) is 59.1 Å². The Morgan fingerprint density at radius 3 is 3.00 bits per heavy atom. The molecule has 0 radical (unpaired) electrons. The first-order chi connectivity index (χ1) is 5.24.